The van der Waals surface area contributed by atoms with Gasteiger partial charge in [-0.05, 0) is 48.4 Å². The Morgan fingerprint density at radius 1 is 1.00 bits per heavy atom. The summed E-state index contributed by atoms with van der Waals surface area (Å²) in [5, 5.41) is 5.50. The highest BCUT2D eigenvalue weighted by molar-refractivity contribution is 6.05. The Morgan fingerprint density at radius 2 is 1.76 bits per heavy atom. The van der Waals surface area contributed by atoms with Gasteiger partial charge in [0.15, 0.2) is 0 Å². The number of furan rings is 1. The topological polar surface area (TPSA) is 80.6 Å². The molecule has 2 N–H and O–H groups in total. The molecule has 1 heterocycles. The predicted molar refractivity (Wildman–Crippen MR) is 110 cm³/mol. The average molecular weight is 390 g/mol. The Balaban J connectivity index is 1.68. The lowest BCUT2D eigenvalue weighted by Crippen LogP contribution is -2.35. The van der Waals surface area contributed by atoms with Crippen molar-refractivity contribution in [1.82, 2.24) is 10.6 Å². The van der Waals surface area contributed by atoms with Crippen molar-refractivity contribution in [1.29, 1.82) is 0 Å². The molecule has 2 amide bonds. The summed E-state index contributed by atoms with van der Waals surface area (Å²) in [6.07, 6.45) is 3.69. The van der Waals surface area contributed by atoms with Crippen LogP contribution in [0.2, 0.25) is 0 Å². The largest absolute Gasteiger partial charge is 0.497 e. The quantitative estimate of drug-likeness (QED) is 0.578. The molecule has 6 heteroatoms. The van der Waals surface area contributed by atoms with Crippen molar-refractivity contribution in [3.8, 4) is 5.75 Å². The van der Waals surface area contributed by atoms with E-state index < -0.39 is 5.91 Å². The molecular formula is C23H22N2O4. The summed E-state index contributed by atoms with van der Waals surface area (Å²) < 4.78 is 10.4. The standard InChI is InChI=1S/C23H22N2O4/c1-28-19-11-9-18(10-12-19)22(26)25-21(16-20-8-5-15-29-20)23(27)24-14-13-17-6-3-2-4-7-17/h2-12,15-16H,13-14H2,1H3,(H,24,27)(H,25,26)/b21-16+. The number of amides is 2. The molecule has 1 aromatic heterocycles. The zero-order chi connectivity index (χ0) is 20.5. The van der Waals surface area contributed by atoms with Crippen LogP contribution in [-0.2, 0) is 11.2 Å². The van der Waals surface area contributed by atoms with Crippen molar-refractivity contribution in [3.05, 3.63) is 95.6 Å². The van der Waals surface area contributed by atoms with Gasteiger partial charge in [0.2, 0.25) is 0 Å². The molecule has 0 atom stereocenters. The molecule has 0 saturated heterocycles. The first kappa shape index (κ1) is 19.9. The van der Waals surface area contributed by atoms with Crippen molar-refractivity contribution in [2.75, 3.05) is 13.7 Å². The summed E-state index contributed by atoms with van der Waals surface area (Å²) in [4.78, 5) is 25.3. The van der Waals surface area contributed by atoms with Crippen LogP contribution >= 0.6 is 0 Å². The number of benzene rings is 2. The van der Waals surface area contributed by atoms with E-state index in [4.69, 9.17) is 9.15 Å². The van der Waals surface area contributed by atoms with Crippen LogP contribution in [-0.4, -0.2) is 25.5 Å². The van der Waals surface area contributed by atoms with Crippen LogP contribution in [0.5, 0.6) is 5.75 Å². The van der Waals surface area contributed by atoms with Gasteiger partial charge in [-0.1, -0.05) is 30.3 Å². The number of hydrogen-bond donors (Lipinski definition) is 2. The average Bonchev–Trinajstić information content (AvgIpc) is 3.27. The summed E-state index contributed by atoms with van der Waals surface area (Å²) >= 11 is 0. The molecule has 3 aromatic rings. The molecule has 0 aliphatic rings. The molecule has 0 radical (unpaired) electrons. The molecule has 0 fully saturated rings. The minimum atomic E-state index is -0.399. The van der Waals surface area contributed by atoms with Gasteiger partial charge in [-0.2, -0.15) is 0 Å². The monoisotopic (exact) mass is 390 g/mol. The molecule has 29 heavy (non-hydrogen) atoms. The number of ether oxygens (including phenoxy) is 1. The van der Waals surface area contributed by atoms with E-state index in [1.807, 2.05) is 30.3 Å². The zero-order valence-corrected chi connectivity index (χ0v) is 16.1. The second kappa shape index (κ2) is 9.94. The lowest BCUT2D eigenvalue weighted by Gasteiger charge is -2.11. The van der Waals surface area contributed by atoms with E-state index in [0.29, 0.717) is 30.0 Å². The maximum Gasteiger partial charge on any atom is 0.267 e. The Hall–Kier alpha value is -3.80. The highest BCUT2D eigenvalue weighted by Crippen LogP contribution is 2.12. The van der Waals surface area contributed by atoms with Gasteiger partial charge in [-0.15, -0.1) is 0 Å². The fourth-order valence-electron chi connectivity index (χ4n) is 2.67. The van der Waals surface area contributed by atoms with Crippen LogP contribution in [0.1, 0.15) is 21.7 Å². The van der Waals surface area contributed by atoms with E-state index in [1.165, 1.54) is 12.3 Å². The second-order valence-electron chi connectivity index (χ2n) is 6.25. The summed E-state index contributed by atoms with van der Waals surface area (Å²) in [6.45, 7) is 0.441. The maximum absolute atomic E-state index is 12.7. The number of hydrogen-bond acceptors (Lipinski definition) is 4. The predicted octanol–water partition coefficient (Wildman–Crippen LogP) is 3.42. The van der Waals surface area contributed by atoms with E-state index in [-0.39, 0.29) is 11.6 Å². The van der Waals surface area contributed by atoms with E-state index >= 15 is 0 Å². The highest BCUT2D eigenvalue weighted by Gasteiger charge is 2.15. The Kier molecular flexibility index (Phi) is 6.84. The van der Waals surface area contributed by atoms with Crippen LogP contribution in [0.4, 0.5) is 0 Å². The van der Waals surface area contributed by atoms with Gasteiger partial charge in [0.25, 0.3) is 11.8 Å². The third-order valence-electron chi connectivity index (χ3n) is 4.22. The zero-order valence-electron chi connectivity index (χ0n) is 16.1. The fraction of sp³-hybridized carbons (Fsp3) is 0.130. The smallest absolute Gasteiger partial charge is 0.267 e. The fourth-order valence-corrected chi connectivity index (χ4v) is 2.67. The Labute approximate surface area is 169 Å². The van der Waals surface area contributed by atoms with Gasteiger partial charge < -0.3 is 19.8 Å². The first-order chi connectivity index (χ1) is 14.2. The number of carbonyl (C=O) groups excluding carboxylic acids is 2. The number of nitrogens with one attached hydrogen (secondary N) is 2. The van der Waals surface area contributed by atoms with Crippen molar-refractivity contribution in [2.24, 2.45) is 0 Å². The van der Waals surface area contributed by atoms with Gasteiger partial charge in [0, 0.05) is 18.2 Å². The van der Waals surface area contributed by atoms with E-state index in [0.717, 1.165) is 5.56 Å². The molecular weight excluding hydrogens is 368 g/mol. The second-order valence-corrected chi connectivity index (χ2v) is 6.25. The van der Waals surface area contributed by atoms with E-state index in [2.05, 4.69) is 10.6 Å². The lowest BCUT2D eigenvalue weighted by atomic mass is 10.1. The molecule has 0 unspecified atom stereocenters. The molecule has 0 bridgehead atoms. The molecule has 3 rings (SSSR count). The minimum absolute atomic E-state index is 0.105. The van der Waals surface area contributed by atoms with Crippen LogP contribution in [0, 0.1) is 0 Å². The molecule has 6 nitrogen and oxygen atoms in total. The Bertz CT molecular complexity index is 962. The van der Waals surface area contributed by atoms with Crippen LogP contribution in [0.3, 0.4) is 0 Å². The molecule has 0 aliphatic heterocycles. The van der Waals surface area contributed by atoms with Crippen LogP contribution in [0.25, 0.3) is 6.08 Å². The van der Waals surface area contributed by atoms with Crippen molar-refractivity contribution >= 4 is 17.9 Å². The van der Waals surface area contributed by atoms with E-state index in [1.54, 1.807) is 43.5 Å². The van der Waals surface area contributed by atoms with Crippen molar-refractivity contribution < 1.29 is 18.7 Å². The summed E-state index contributed by atoms with van der Waals surface area (Å²) in [5.41, 5.74) is 1.63. The number of methoxy groups -OCH3 is 1. The third kappa shape index (κ3) is 5.84. The maximum atomic E-state index is 12.7. The molecule has 148 valence electrons. The minimum Gasteiger partial charge on any atom is -0.497 e. The number of carbonyl (C=O) groups is 2. The lowest BCUT2D eigenvalue weighted by molar-refractivity contribution is -0.117. The van der Waals surface area contributed by atoms with Gasteiger partial charge in [0.1, 0.15) is 17.2 Å². The van der Waals surface area contributed by atoms with Gasteiger partial charge >= 0.3 is 0 Å². The molecule has 0 saturated carbocycles. The first-order valence-corrected chi connectivity index (χ1v) is 9.18. The number of rotatable bonds is 8. The molecule has 0 aliphatic carbocycles. The van der Waals surface area contributed by atoms with Gasteiger partial charge in [-0.3, -0.25) is 9.59 Å². The SMILES string of the molecule is COc1ccc(C(=O)N/C(=C/c2ccco2)C(=O)NCCc2ccccc2)cc1. The molecule has 0 spiro atoms. The normalized spacial score (nSPS) is 11.0. The third-order valence-corrected chi connectivity index (χ3v) is 4.22. The molecule has 2 aromatic carbocycles. The van der Waals surface area contributed by atoms with Crippen molar-refractivity contribution in [2.45, 2.75) is 6.42 Å². The Morgan fingerprint density at radius 3 is 2.41 bits per heavy atom. The van der Waals surface area contributed by atoms with Gasteiger partial charge in [0.05, 0.1) is 13.4 Å². The van der Waals surface area contributed by atoms with Crippen molar-refractivity contribution in [3.63, 3.8) is 0 Å². The van der Waals surface area contributed by atoms with Crippen LogP contribution in [0.15, 0.2) is 83.1 Å². The summed E-state index contributed by atoms with van der Waals surface area (Å²) in [6, 6.07) is 19.9. The van der Waals surface area contributed by atoms with E-state index in [9.17, 15) is 9.59 Å². The summed E-state index contributed by atoms with van der Waals surface area (Å²) in [5.74, 6) is 0.322. The van der Waals surface area contributed by atoms with Crippen LogP contribution < -0.4 is 15.4 Å². The first-order valence-electron chi connectivity index (χ1n) is 9.18. The van der Waals surface area contributed by atoms with Gasteiger partial charge in [-0.25, -0.2) is 0 Å². The summed E-state index contributed by atoms with van der Waals surface area (Å²) in [7, 11) is 1.55. The highest BCUT2D eigenvalue weighted by atomic mass is 16.5.